The summed E-state index contributed by atoms with van der Waals surface area (Å²) >= 11 is 0. The summed E-state index contributed by atoms with van der Waals surface area (Å²) in [5, 5.41) is 2.75. The Hall–Kier alpha value is -4.19. The molecular weight excluding hydrogens is 392 g/mol. The van der Waals surface area contributed by atoms with E-state index in [4.69, 9.17) is 4.74 Å². The van der Waals surface area contributed by atoms with Crippen LogP contribution in [0.3, 0.4) is 0 Å². The summed E-state index contributed by atoms with van der Waals surface area (Å²) in [5.41, 5.74) is 1.91. The van der Waals surface area contributed by atoms with E-state index >= 15 is 0 Å². The smallest absolute Gasteiger partial charge is 0.335 e. The van der Waals surface area contributed by atoms with Crippen LogP contribution in [0.1, 0.15) is 12.0 Å². The molecule has 3 aromatic rings. The molecule has 0 bridgehead atoms. The lowest BCUT2D eigenvalue weighted by molar-refractivity contribution is -0.139. The maximum atomic E-state index is 13.1. The molecule has 0 saturated heterocycles. The van der Waals surface area contributed by atoms with E-state index in [1.54, 1.807) is 54.6 Å². The maximum absolute atomic E-state index is 13.1. The molecule has 4 rings (SSSR count). The van der Waals surface area contributed by atoms with Crippen LogP contribution in [-0.4, -0.2) is 23.8 Å². The molecule has 1 heterocycles. The highest BCUT2D eigenvalue weighted by atomic mass is 16.5. The highest BCUT2D eigenvalue weighted by Crippen LogP contribution is 2.35. The number of esters is 1. The Labute approximate surface area is 179 Å². The quantitative estimate of drug-likeness (QED) is 0.390. The molecule has 31 heavy (non-hydrogen) atoms. The van der Waals surface area contributed by atoms with Crippen LogP contribution in [0.15, 0.2) is 91.0 Å². The second-order valence-electron chi connectivity index (χ2n) is 6.98. The fourth-order valence-electron chi connectivity index (χ4n) is 3.36. The van der Waals surface area contributed by atoms with Crippen LogP contribution in [0.25, 0.3) is 6.08 Å². The lowest BCUT2D eigenvalue weighted by Crippen LogP contribution is -2.51. The minimum atomic E-state index is -1.08. The second kappa shape index (κ2) is 9.09. The molecule has 1 atom stereocenters. The molecule has 6 heteroatoms. The average molecular weight is 412 g/mol. The normalized spacial score (nSPS) is 15.3. The zero-order valence-corrected chi connectivity index (χ0v) is 16.6. The van der Waals surface area contributed by atoms with Crippen molar-refractivity contribution < 1.29 is 19.1 Å². The molecule has 0 spiro atoms. The number of anilines is 2. The first-order valence-corrected chi connectivity index (χ1v) is 9.84. The monoisotopic (exact) mass is 412 g/mol. The predicted molar refractivity (Wildman–Crippen MR) is 119 cm³/mol. The molecule has 0 aromatic heterocycles. The lowest BCUT2D eigenvalue weighted by Gasteiger charge is -2.34. The van der Waals surface area contributed by atoms with Gasteiger partial charge in [-0.3, -0.25) is 14.5 Å². The van der Waals surface area contributed by atoms with E-state index < -0.39 is 23.8 Å². The minimum Gasteiger partial charge on any atom is -0.423 e. The Bertz CT molecular complexity index is 1130. The van der Waals surface area contributed by atoms with Crippen LogP contribution in [0, 0.1) is 0 Å². The van der Waals surface area contributed by atoms with Crippen LogP contribution < -0.4 is 15.0 Å². The highest BCUT2D eigenvalue weighted by molar-refractivity contribution is 6.11. The van der Waals surface area contributed by atoms with Crippen molar-refractivity contribution in [2.45, 2.75) is 12.5 Å². The zero-order chi connectivity index (χ0) is 21.6. The van der Waals surface area contributed by atoms with Gasteiger partial charge in [0.1, 0.15) is 6.04 Å². The number of nitrogens with one attached hydrogen (secondary N) is 1. The minimum absolute atomic E-state index is 0.229. The fraction of sp³-hybridized carbons (Fsp3) is 0.0800. The summed E-state index contributed by atoms with van der Waals surface area (Å²) < 4.78 is 5.40. The highest BCUT2D eigenvalue weighted by Gasteiger charge is 2.39. The largest absolute Gasteiger partial charge is 0.423 e. The molecule has 0 aliphatic carbocycles. The van der Waals surface area contributed by atoms with Gasteiger partial charge in [0.15, 0.2) is 5.75 Å². The molecule has 0 unspecified atom stereocenters. The van der Waals surface area contributed by atoms with Gasteiger partial charge >= 0.3 is 5.97 Å². The Kier molecular flexibility index (Phi) is 5.89. The number of ether oxygens (including phenoxy) is 1. The molecular formula is C25H20N2O4. The molecule has 0 radical (unpaired) electrons. The van der Waals surface area contributed by atoms with E-state index in [9.17, 15) is 14.4 Å². The van der Waals surface area contributed by atoms with Crippen molar-refractivity contribution in [1.29, 1.82) is 0 Å². The average Bonchev–Trinajstić information content (AvgIpc) is 2.79. The van der Waals surface area contributed by atoms with Crippen molar-refractivity contribution in [1.82, 2.24) is 0 Å². The van der Waals surface area contributed by atoms with Crippen molar-refractivity contribution in [3.05, 3.63) is 96.6 Å². The number of amides is 2. The number of benzene rings is 3. The summed E-state index contributed by atoms with van der Waals surface area (Å²) in [6.07, 6.45) is 2.84. The summed E-state index contributed by atoms with van der Waals surface area (Å²) in [5.74, 6) is -1.17. The summed E-state index contributed by atoms with van der Waals surface area (Å²) in [6.45, 7) is 0. The van der Waals surface area contributed by atoms with Crippen LogP contribution in [-0.2, 0) is 14.4 Å². The van der Waals surface area contributed by atoms with E-state index in [1.165, 1.54) is 11.0 Å². The SMILES string of the molecule is O=C(C[C@@H]1C(=O)Oc2ccccc2N1C(=O)/C=C/c1ccccc1)Nc1ccccc1. The number of carbonyl (C=O) groups is 3. The number of para-hydroxylation sites is 3. The van der Waals surface area contributed by atoms with Gasteiger partial charge in [0, 0.05) is 11.8 Å². The number of nitrogens with zero attached hydrogens (tertiary/aromatic N) is 1. The Morgan fingerprint density at radius 1 is 0.903 bits per heavy atom. The van der Waals surface area contributed by atoms with Gasteiger partial charge in [-0.15, -0.1) is 0 Å². The third kappa shape index (κ3) is 4.70. The predicted octanol–water partition coefficient (Wildman–Crippen LogP) is 4.05. The van der Waals surface area contributed by atoms with Crippen molar-refractivity contribution in [2.75, 3.05) is 10.2 Å². The number of hydrogen-bond donors (Lipinski definition) is 1. The second-order valence-corrected chi connectivity index (χ2v) is 6.98. The molecule has 154 valence electrons. The van der Waals surface area contributed by atoms with Gasteiger partial charge in [0.05, 0.1) is 12.1 Å². The van der Waals surface area contributed by atoms with Gasteiger partial charge in [0.2, 0.25) is 5.91 Å². The topological polar surface area (TPSA) is 75.7 Å². The summed E-state index contributed by atoms with van der Waals surface area (Å²) in [7, 11) is 0. The standard InChI is InChI=1S/C25H20N2O4/c28-23(26-19-11-5-2-6-12-19)17-21-25(30)31-22-14-8-7-13-20(22)27(21)24(29)16-15-18-9-3-1-4-10-18/h1-16,21H,17H2,(H,26,28)/b16-15+/t21-/m1/s1. The molecule has 0 fully saturated rings. The van der Waals surface area contributed by atoms with Crippen molar-refractivity contribution in [3.8, 4) is 5.75 Å². The Morgan fingerprint density at radius 3 is 2.29 bits per heavy atom. The van der Waals surface area contributed by atoms with Crippen molar-refractivity contribution >= 4 is 35.2 Å². The third-order valence-electron chi connectivity index (χ3n) is 4.81. The van der Waals surface area contributed by atoms with Crippen LogP contribution >= 0.6 is 0 Å². The first kappa shape index (κ1) is 20.1. The lowest BCUT2D eigenvalue weighted by atomic mass is 10.1. The van der Waals surface area contributed by atoms with Crippen LogP contribution in [0.2, 0.25) is 0 Å². The molecule has 1 aliphatic heterocycles. The molecule has 0 saturated carbocycles. The fourth-order valence-corrected chi connectivity index (χ4v) is 3.36. The van der Waals surface area contributed by atoms with Gasteiger partial charge in [-0.05, 0) is 35.9 Å². The van der Waals surface area contributed by atoms with Gasteiger partial charge in [-0.25, -0.2) is 4.79 Å². The van der Waals surface area contributed by atoms with E-state index in [0.29, 0.717) is 11.4 Å². The number of rotatable bonds is 5. The molecule has 1 aliphatic rings. The number of fused-ring (bicyclic) bond motifs is 1. The van der Waals surface area contributed by atoms with Crippen LogP contribution in [0.5, 0.6) is 5.75 Å². The molecule has 2 amide bonds. The summed E-state index contributed by atoms with van der Waals surface area (Å²) in [6, 6.07) is 24.0. The Balaban J connectivity index is 1.60. The van der Waals surface area contributed by atoms with E-state index in [1.807, 2.05) is 36.4 Å². The first-order valence-electron chi connectivity index (χ1n) is 9.84. The third-order valence-corrected chi connectivity index (χ3v) is 4.81. The van der Waals surface area contributed by atoms with E-state index in [-0.39, 0.29) is 12.2 Å². The van der Waals surface area contributed by atoms with Crippen molar-refractivity contribution in [3.63, 3.8) is 0 Å². The van der Waals surface area contributed by atoms with E-state index in [2.05, 4.69) is 5.32 Å². The molecule has 1 N–H and O–H groups in total. The molecule has 6 nitrogen and oxygen atoms in total. The number of hydrogen-bond acceptors (Lipinski definition) is 4. The van der Waals surface area contributed by atoms with Gasteiger partial charge in [0.25, 0.3) is 5.91 Å². The van der Waals surface area contributed by atoms with Gasteiger partial charge in [-0.2, -0.15) is 0 Å². The van der Waals surface area contributed by atoms with Crippen LogP contribution in [0.4, 0.5) is 11.4 Å². The maximum Gasteiger partial charge on any atom is 0.335 e. The Morgan fingerprint density at radius 2 is 1.55 bits per heavy atom. The summed E-state index contributed by atoms with van der Waals surface area (Å²) in [4.78, 5) is 39.8. The van der Waals surface area contributed by atoms with Crippen molar-refractivity contribution in [2.24, 2.45) is 0 Å². The van der Waals surface area contributed by atoms with Gasteiger partial charge < -0.3 is 10.1 Å². The van der Waals surface area contributed by atoms with E-state index in [0.717, 1.165) is 5.56 Å². The zero-order valence-electron chi connectivity index (χ0n) is 16.6. The molecule has 3 aromatic carbocycles. The van der Waals surface area contributed by atoms with Gasteiger partial charge in [-0.1, -0.05) is 60.7 Å². The first-order chi connectivity index (χ1) is 15.1. The number of carbonyl (C=O) groups excluding carboxylic acids is 3.